The molecule has 2 saturated heterocycles. The Bertz CT molecular complexity index is 502. The summed E-state index contributed by atoms with van der Waals surface area (Å²) in [5.41, 5.74) is -0.737. The number of amides is 2. The lowest BCUT2D eigenvalue weighted by molar-refractivity contribution is -0.142. The van der Waals surface area contributed by atoms with Crippen LogP contribution in [0.25, 0.3) is 0 Å². The molecule has 0 radical (unpaired) electrons. The molecule has 2 fully saturated rings. The molecule has 2 amide bonds. The maximum atomic E-state index is 12.6. The molecule has 0 spiro atoms. The fourth-order valence-corrected chi connectivity index (χ4v) is 4.59. The molecule has 108 valence electrons. The molecule has 2 heterocycles. The highest BCUT2D eigenvalue weighted by atomic mass is 32.2. The van der Waals surface area contributed by atoms with E-state index >= 15 is 0 Å². The van der Waals surface area contributed by atoms with E-state index < -0.39 is 15.3 Å². The summed E-state index contributed by atoms with van der Waals surface area (Å²) in [6.45, 7) is 4.42. The lowest BCUT2D eigenvalue weighted by Crippen LogP contribution is -2.49. The predicted octanol–water partition coefficient (Wildman–Crippen LogP) is -0.452. The van der Waals surface area contributed by atoms with E-state index in [1.54, 1.807) is 11.8 Å². The SMILES string of the molecule is CCN(C(=O)C1(C)CNC(=O)C1)C1CCS(=O)(=O)C1. The minimum atomic E-state index is -3.01. The van der Waals surface area contributed by atoms with Gasteiger partial charge in [0.05, 0.1) is 16.9 Å². The van der Waals surface area contributed by atoms with Crippen molar-refractivity contribution in [2.75, 3.05) is 24.6 Å². The number of sulfone groups is 1. The summed E-state index contributed by atoms with van der Waals surface area (Å²) in [7, 11) is -3.01. The molecule has 2 unspecified atom stereocenters. The van der Waals surface area contributed by atoms with Gasteiger partial charge in [0.2, 0.25) is 11.8 Å². The first-order chi connectivity index (χ1) is 8.77. The molecule has 1 N–H and O–H groups in total. The van der Waals surface area contributed by atoms with E-state index in [9.17, 15) is 18.0 Å². The van der Waals surface area contributed by atoms with Crippen molar-refractivity contribution in [3.8, 4) is 0 Å². The second kappa shape index (κ2) is 4.77. The Morgan fingerprint density at radius 1 is 1.53 bits per heavy atom. The first-order valence-electron chi connectivity index (χ1n) is 6.55. The van der Waals surface area contributed by atoms with Crippen LogP contribution in [0.15, 0.2) is 0 Å². The van der Waals surface area contributed by atoms with Gasteiger partial charge in [-0.25, -0.2) is 8.42 Å². The lowest BCUT2D eigenvalue weighted by atomic mass is 9.87. The van der Waals surface area contributed by atoms with Crippen molar-refractivity contribution in [1.29, 1.82) is 0 Å². The van der Waals surface area contributed by atoms with E-state index in [0.29, 0.717) is 19.5 Å². The van der Waals surface area contributed by atoms with Crippen molar-refractivity contribution in [3.05, 3.63) is 0 Å². The summed E-state index contributed by atoms with van der Waals surface area (Å²) >= 11 is 0. The van der Waals surface area contributed by atoms with Crippen LogP contribution >= 0.6 is 0 Å². The first-order valence-corrected chi connectivity index (χ1v) is 8.38. The fourth-order valence-electron chi connectivity index (χ4n) is 2.86. The molecule has 2 aliphatic heterocycles. The molecule has 0 aromatic rings. The molecule has 7 heteroatoms. The van der Waals surface area contributed by atoms with Crippen LogP contribution in [0.5, 0.6) is 0 Å². The third kappa shape index (κ3) is 2.75. The van der Waals surface area contributed by atoms with Crippen LogP contribution in [0.1, 0.15) is 26.7 Å². The number of nitrogens with zero attached hydrogens (tertiary/aromatic N) is 1. The van der Waals surface area contributed by atoms with E-state index in [1.165, 1.54) is 0 Å². The highest BCUT2D eigenvalue weighted by Crippen LogP contribution is 2.30. The molecule has 0 aromatic heterocycles. The number of carbonyl (C=O) groups excluding carboxylic acids is 2. The van der Waals surface area contributed by atoms with Gasteiger partial charge >= 0.3 is 0 Å². The average Bonchev–Trinajstić information content (AvgIpc) is 2.84. The van der Waals surface area contributed by atoms with Crippen molar-refractivity contribution >= 4 is 21.7 Å². The zero-order valence-corrected chi connectivity index (χ0v) is 12.1. The second-order valence-corrected chi connectivity index (χ2v) is 7.89. The highest BCUT2D eigenvalue weighted by Gasteiger charge is 2.45. The number of nitrogens with one attached hydrogen (secondary N) is 1. The first kappa shape index (κ1) is 14.3. The van der Waals surface area contributed by atoms with Crippen molar-refractivity contribution < 1.29 is 18.0 Å². The average molecular weight is 288 g/mol. The summed E-state index contributed by atoms with van der Waals surface area (Å²) < 4.78 is 23.1. The van der Waals surface area contributed by atoms with Crippen LogP contribution in [0, 0.1) is 5.41 Å². The Morgan fingerprint density at radius 2 is 2.21 bits per heavy atom. The molecule has 0 saturated carbocycles. The molecule has 2 aliphatic rings. The van der Waals surface area contributed by atoms with Crippen LogP contribution in [-0.4, -0.2) is 55.8 Å². The summed E-state index contributed by atoms with van der Waals surface area (Å²) in [5, 5.41) is 2.67. The minimum Gasteiger partial charge on any atom is -0.355 e. The van der Waals surface area contributed by atoms with Crippen LogP contribution in [0.2, 0.25) is 0 Å². The molecule has 2 atom stereocenters. The third-order valence-electron chi connectivity index (χ3n) is 3.99. The van der Waals surface area contributed by atoms with Crippen LogP contribution in [0.3, 0.4) is 0 Å². The van der Waals surface area contributed by atoms with Crippen LogP contribution < -0.4 is 5.32 Å². The number of rotatable bonds is 3. The van der Waals surface area contributed by atoms with Gasteiger partial charge in [-0.1, -0.05) is 0 Å². The van der Waals surface area contributed by atoms with Crippen molar-refractivity contribution in [3.63, 3.8) is 0 Å². The van der Waals surface area contributed by atoms with E-state index in [4.69, 9.17) is 0 Å². The van der Waals surface area contributed by atoms with Crippen molar-refractivity contribution in [1.82, 2.24) is 10.2 Å². The maximum Gasteiger partial charge on any atom is 0.231 e. The van der Waals surface area contributed by atoms with Gasteiger partial charge in [0, 0.05) is 25.6 Å². The zero-order chi connectivity index (χ0) is 14.3. The normalized spacial score (nSPS) is 33.2. The minimum absolute atomic E-state index is 0.0457. The molecule has 6 nitrogen and oxygen atoms in total. The van der Waals surface area contributed by atoms with Crippen LogP contribution in [0.4, 0.5) is 0 Å². The summed E-state index contributed by atoms with van der Waals surface area (Å²) in [5.74, 6) is -0.0410. The third-order valence-corrected chi connectivity index (χ3v) is 5.74. The monoisotopic (exact) mass is 288 g/mol. The quantitative estimate of drug-likeness (QED) is 0.762. The van der Waals surface area contributed by atoms with E-state index in [0.717, 1.165) is 0 Å². The van der Waals surface area contributed by atoms with Gasteiger partial charge in [0.15, 0.2) is 9.84 Å². The van der Waals surface area contributed by atoms with Gasteiger partial charge in [0.1, 0.15) is 0 Å². The zero-order valence-electron chi connectivity index (χ0n) is 11.3. The Hall–Kier alpha value is -1.11. The highest BCUT2D eigenvalue weighted by molar-refractivity contribution is 7.91. The fraction of sp³-hybridized carbons (Fsp3) is 0.833. The molecule has 0 bridgehead atoms. The lowest BCUT2D eigenvalue weighted by Gasteiger charge is -2.33. The molecule has 0 aromatic carbocycles. The van der Waals surface area contributed by atoms with Gasteiger partial charge < -0.3 is 10.2 Å². The molecule has 2 rings (SSSR count). The van der Waals surface area contributed by atoms with E-state index in [1.807, 2.05) is 6.92 Å². The van der Waals surface area contributed by atoms with Gasteiger partial charge in [-0.15, -0.1) is 0 Å². The predicted molar refractivity (Wildman–Crippen MR) is 70.2 cm³/mol. The molecular formula is C12H20N2O4S. The van der Waals surface area contributed by atoms with Gasteiger partial charge in [-0.3, -0.25) is 9.59 Å². The Morgan fingerprint density at radius 3 is 2.63 bits per heavy atom. The van der Waals surface area contributed by atoms with Gasteiger partial charge in [-0.2, -0.15) is 0 Å². The number of hydrogen-bond donors (Lipinski definition) is 1. The largest absolute Gasteiger partial charge is 0.355 e. The molecule has 0 aliphatic carbocycles. The Kier molecular flexibility index (Phi) is 3.59. The second-order valence-electron chi connectivity index (χ2n) is 5.66. The Balaban J connectivity index is 2.14. The molecule has 19 heavy (non-hydrogen) atoms. The number of hydrogen-bond acceptors (Lipinski definition) is 4. The van der Waals surface area contributed by atoms with E-state index in [-0.39, 0.29) is 35.8 Å². The summed E-state index contributed by atoms with van der Waals surface area (Å²) in [6, 6.07) is -0.241. The molecular weight excluding hydrogens is 268 g/mol. The smallest absolute Gasteiger partial charge is 0.231 e. The van der Waals surface area contributed by atoms with Crippen LogP contribution in [-0.2, 0) is 19.4 Å². The summed E-state index contributed by atoms with van der Waals surface area (Å²) in [4.78, 5) is 25.5. The topological polar surface area (TPSA) is 83.6 Å². The maximum absolute atomic E-state index is 12.6. The van der Waals surface area contributed by atoms with Crippen molar-refractivity contribution in [2.45, 2.75) is 32.7 Å². The number of carbonyl (C=O) groups is 2. The van der Waals surface area contributed by atoms with E-state index in [2.05, 4.69) is 5.32 Å². The van der Waals surface area contributed by atoms with Gasteiger partial charge in [0.25, 0.3) is 0 Å². The van der Waals surface area contributed by atoms with Gasteiger partial charge in [-0.05, 0) is 20.3 Å². The summed E-state index contributed by atoms with van der Waals surface area (Å²) in [6.07, 6.45) is 0.682. The Labute approximate surface area is 113 Å². The standard InChI is InChI=1S/C12H20N2O4S/c1-3-14(9-4-5-19(17,18)7-9)11(16)12(2)6-10(15)13-8-12/h9H,3-8H2,1-2H3,(H,13,15). The van der Waals surface area contributed by atoms with Crippen molar-refractivity contribution in [2.24, 2.45) is 5.41 Å².